The topological polar surface area (TPSA) is 33.5 Å². The fourth-order valence-corrected chi connectivity index (χ4v) is 8.80. The van der Waals surface area contributed by atoms with Gasteiger partial charge in [-0.2, -0.15) is 0 Å². The van der Waals surface area contributed by atoms with Crippen molar-refractivity contribution in [1.82, 2.24) is 9.55 Å². The zero-order valence-corrected chi connectivity index (χ0v) is 39.3. The zero-order chi connectivity index (χ0) is 44.6. The fourth-order valence-electron chi connectivity index (χ4n) is 8.80. The smallest absolute Gasteiger partial charge is 0.137 e. The lowest BCUT2D eigenvalue weighted by molar-refractivity contribution is 0.483. The van der Waals surface area contributed by atoms with Gasteiger partial charge < -0.3 is 14.5 Å². The highest BCUT2D eigenvalue weighted by atomic mass is 16.5. The number of ether oxygens (including phenoxy) is 1. The van der Waals surface area contributed by atoms with Crippen LogP contribution in [0.4, 0.5) is 22.7 Å². The molecule has 0 N–H and O–H groups in total. The van der Waals surface area contributed by atoms with Crippen molar-refractivity contribution in [3.05, 3.63) is 168 Å². The predicted octanol–water partition coefficient (Wildman–Crippen LogP) is 16.1. The molecular formula is C58H62N4O. The Morgan fingerprint density at radius 3 is 1.73 bits per heavy atom. The summed E-state index contributed by atoms with van der Waals surface area (Å²) >= 11 is 0. The van der Waals surface area contributed by atoms with Crippen molar-refractivity contribution in [2.75, 3.05) is 16.5 Å². The van der Waals surface area contributed by atoms with Gasteiger partial charge in [-0.25, -0.2) is 4.98 Å². The number of aromatic nitrogens is 2. The third-order valence-corrected chi connectivity index (χ3v) is 12.7. The van der Waals surface area contributed by atoms with Crippen LogP contribution in [0.3, 0.4) is 0 Å². The number of rotatable bonds is 6. The second kappa shape index (κ2) is 15.2. The molecule has 0 radical (unpaired) electrons. The zero-order valence-electron chi connectivity index (χ0n) is 39.3. The largest absolute Gasteiger partial charge is 0.457 e. The SMILES string of the molecule is CC(C)(C)c1cc(-c2ccccc2)cc(N2CN(c3cccc(Oc4ccc5c6ccc(C(C)(C)C)cc6n(-c6cc(C(C)(C)C)ccn6)c5c4)c3)c3ccc(C(C)(C)C)cc32)c1. The van der Waals surface area contributed by atoms with Crippen LogP contribution in [-0.2, 0) is 21.7 Å². The molecule has 8 aromatic rings. The van der Waals surface area contributed by atoms with Crippen LogP contribution in [0.25, 0.3) is 38.8 Å². The predicted molar refractivity (Wildman–Crippen MR) is 267 cm³/mol. The van der Waals surface area contributed by atoms with Gasteiger partial charge in [-0.1, -0.05) is 144 Å². The van der Waals surface area contributed by atoms with Crippen molar-refractivity contribution in [2.45, 2.75) is 105 Å². The molecule has 1 aliphatic rings. The van der Waals surface area contributed by atoms with E-state index in [0.29, 0.717) is 6.67 Å². The van der Waals surface area contributed by atoms with Gasteiger partial charge in [0, 0.05) is 40.5 Å². The summed E-state index contributed by atoms with van der Waals surface area (Å²) in [5.74, 6) is 2.46. The van der Waals surface area contributed by atoms with Gasteiger partial charge in [-0.05, 0) is 122 Å². The van der Waals surface area contributed by atoms with E-state index in [2.05, 4.69) is 237 Å². The normalized spacial score (nSPS) is 13.6. The molecule has 320 valence electrons. The molecule has 0 saturated carbocycles. The molecule has 5 heteroatoms. The van der Waals surface area contributed by atoms with E-state index in [1.165, 1.54) is 61.2 Å². The van der Waals surface area contributed by atoms with Crippen LogP contribution in [0.1, 0.15) is 105 Å². The number of hydrogen-bond acceptors (Lipinski definition) is 4. The van der Waals surface area contributed by atoms with E-state index in [1.807, 2.05) is 6.20 Å². The first-order valence-electron chi connectivity index (χ1n) is 22.5. The third-order valence-electron chi connectivity index (χ3n) is 12.7. The highest BCUT2D eigenvalue weighted by molar-refractivity contribution is 6.09. The summed E-state index contributed by atoms with van der Waals surface area (Å²) in [6.45, 7) is 28.0. The minimum absolute atomic E-state index is 0.00121. The van der Waals surface area contributed by atoms with Crippen LogP contribution in [-0.4, -0.2) is 16.2 Å². The number of fused-ring (bicyclic) bond motifs is 4. The molecular weight excluding hydrogens is 769 g/mol. The monoisotopic (exact) mass is 830 g/mol. The van der Waals surface area contributed by atoms with Crippen molar-refractivity contribution in [1.29, 1.82) is 0 Å². The van der Waals surface area contributed by atoms with Crippen LogP contribution in [0, 0.1) is 0 Å². The third kappa shape index (κ3) is 8.10. The fraction of sp³-hybridized carbons (Fsp3) is 0.293. The van der Waals surface area contributed by atoms with Gasteiger partial charge in [-0.3, -0.25) is 4.57 Å². The van der Waals surface area contributed by atoms with E-state index >= 15 is 0 Å². The molecule has 0 unspecified atom stereocenters. The lowest BCUT2D eigenvalue weighted by Crippen LogP contribution is -2.24. The molecule has 9 rings (SSSR count). The number of nitrogens with zero attached hydrogens (tertiary/aromatic N) is 4. The van der Waals surface area contributed by atoms with Gasteiger partial charge in [0.15, 0.2) is 0 Å². The highest BCUT2D eigenvalue weighted by Crippen LogP contribution is 2.48. The van der Waals surface area contributed by atoms with Crippen molar-refractivity contribution in [2.24, 2.45) is 0 Å². The van der Waals surface area contributed by atoms with Gasteiger partial charge in [-0.15, -0.1) is 0 Å². The standard InChI is InChI=1S/C58H62N4O/c1-55(2,3)40-21-24-48-49-25-23-47(36-52(49)62(51(48)32-40)54-34-42(27-28-59-54)57(7,8)9)63-46-20-16-19-44(35-46)60-37-61(53-33-41(56(4,5)6)22-26-50(53)60)45-30-39(38-17-14-13-15-18-38)29-43(31-45)58(10,11)12/h13-36H,37H2,1-12H3. The Morgan fingerprint density at radius 2 is 1.03 bits per heavy atom. The minimum atomic E-state index is -0.0274. The maximum atomic E-state index is 6.84. The molecule has 0 bridgehead atoms. The number of pyridine rings is 1. The number of benzene rings is 6. The number of anilines is 4. The first-order valence-corrected chi connectivity index (χ1v) is 22.5. The summed E-state index contributed by atoms with van der Waals surface area (Å²) in [4.78, 5) is 9.88. The Labute approximate surface area is 375 Å². The molecule has 63 heavy (non-hydrogen) atoms. The van der Waals surface area contributed by atoms with E-state index in [0.717, 1.165) is 34.0 Å². The summed E-state index contributed by atoms with van der Waals surface area (Å²) in [5.41, 5.74) is 14.4. The molecule has 2 aromatic heterocycles. The maximum Gasteiger partial charge on any atom is 0.137 e. The van der Waals surface area contributed by atoms with Gasteiger partial charge >= 0.3 is 0 Å². The van der Waals surface area contributed by atoms with Crippen LogP contribution < -0.4 is 14.5 Å². The molecule has 0 fully saturated rings. The highest BCUT2D eigenvalue weighted by Gasteiger charge is 2.31. The van der Waals surface area contributed by atoms with Crippen molar-refractivity contribution < 1.29 is 4.74 Å². The molecule has 1 aliphatic heterocycles. The van der Waals surface area contributed by atoms with Crippen LogP contribution >= 0.6 is 0 Å². The van der Waals surface area contributed by atoms with Gasteiger partial charge in [0.2, 0.25) is 0 Å². The van der Waals surface area contributed by atoms with E-state index in [9.17, 15) is 0 Å². The first kappa shape index (κ1) is 42.0. The van der Waals surface area contributed by atoms with Gasteiger partial charge in [0.1, 0.15) is 24.0 Å². The molecule has 3 heterocycles. The average Bonchev–Trinajstić information content (AvgIpc) is 3.78. The van der Waals surface area contributed by atoms with E-state index in [1.54, 1.807) is 0 Å². The number of hydrogen-bond donors (Lipinski definition) is 0. The van der Waals surface area contributed by atoms with Crippen LogP contribution in [0.5, 0.6) is 11.5 Å². The molecule has 5 nitrogen and oxygen atoms in total. The van der Waals surface area contributed by atoms with E-state index in [-0.39, 0.29) is 21.7 Å². The molecule has 0 spiro atoms. The van der Waals surface area contributed by atoms with Crippen molar-refractivity contribution >= 4 is 44.6 Å². The Hall–Kier alpha value is -6.33. The summed E-state index contributed by atoms with van der Waals surface area (Å²) in [5, 5.41) is 2.37. The van der Waals surface area contributed by atoms with Crippen LogP contribution in [0.2, 0.25) is 0 Å². The Kier molecular flexibility index (Phi) is 10.1. The lowest BCUT2D eigenvalue weighted by atomic mass is 9.84. The molecule has 0 saturated heterocycles. The molecule has 6 aromatic carbocycles. The molecule has 0 aliphatic carbocycles. The lowest BCUT2D eigenvalue weighted by Gasteiger charge is -2.27. The van der Waals surface area contributed by atoms with Gasteiger partial charge in [0.05, 0.1) is 22.4 Å². The second-order valence-corrected chi connectivity index (χ2v) is 21.6. The molecule has 0 atom stereocenters. The average molecular weight is 831 g/mol. The Bertz CT molecular complexity index is 3000. The van der Waals surface area contributed by atoms with Crippen LogP contribution in [0.15, 0.2) is 146 Å². The first-order chi connectivity index (χ1) is 29.7. The van der Waals surface area contributed by atoms with Crippen molar-refractivity contribution in [3.63, 3.8) is 0 Å². The van der Waals surface area contributed by atoms with E-state index in [4.69, 9.17) is 9.72 Å². The minimum Gasteiger partial charge on any atom is -0.457 e. The quantitative estimate of drug-likeness (QED) is 0.167. The summed E-state index contributed by atoms with van der Waals surface area (Å²) in [6.07, 6.45) is 1.94. The summed E-state index contributed by atoms with van der Waals surface area (Å²) < 4.78 is 9.15. The van der Waals surface area contributed by atoms with E-state index < -0.39 is 0 Å². The Balaban J connectivity index is 1.12. The van der Waals surface area contributed by atoms with Gasteiger partial charge in [0.25, 0.3) is 0 Å². The Morgan fingerprint density at radius 1 is 0.429 bits per heavy atom. The summed E-state index contributed by atoms with van der Waals surface area (Å²) in [6, 6.07) is 51.1. The van der Waals surface area contributed by atoms with Crippen molar-refractivity contribution in [3.8, 4) is 28.4 Å². The summed E-state index contributed by atoms with van der Waals surface area (Å²) in [7, 11) is 0. The molecule has 0 amide bonds. The maximum absolute atomic E-state index is 6.84. The second-order valence-electron chi connectivity index (χ2n) is 21.6.